The zero-order valence-corrected chi connectivity index (χ0v) is 38.4. The number of rotatable bonds is 9. The molecule has 0 amide bonds. The van der Waals surface area contributed by atoms with Crippen molar-refractivity contribution in [3.8, 4) is 66.8 Å². The van der Waals surface area contributed by atoms with Crippen molar-refractivity contribution < 1.29 is 4.42 Å². The molecule has 13 aromatic rings. The molecule has 0 saturated carbocycles. The molecule has 2 aromatic heterocycles. The third-order valence-electron chi connectivity index (χ3n) is 13.5. The number of furan rings is 1. The molecule has 0 bridgehead atoms. The SMILES string of the molecule is c1ccc(-c2ccc3c(c2)oc2c(-c4ccccc4)ccc(N(c4ccc(-c5ccccc5-c5ccccc5-c5ccccc5)cc4)c4ccc5sc6cc(-c7ccccc7)ccc6c5c4)c23)cc1. The summed E-state index contributed by atoms with van der Waals surface area (Å²) in [4.78, 5) is 2.43. The number of hydrogen-bond acceptors (Lipinski definition) is 3. The van der Waals surface area contributed by atoms with Crippen LogP contribution in [0.2, 0.25) is 0 Å². The predicted molar refractivity (Wildman–Crippen MR) is 294 cm³/mol. The number of benzene rings is 11. The summed E-state index contributed by atoms with van der Waals surface area (Å²) >= 11 is 1.85. The Morgan fingerprint density at radius 2 is 0.768 bits per heavy atom. The number of anilines is 3. The average molecular weight is 898 g/mol. The fourth-order valence-corrected chi connectivity index (χ4v) is 11.3. The van der Waals surface area contributed by atoms with Gasteiger partial charge in [0.2, 0.25) is 0 Å². The second-order valence-corrected chi connectivity index (χ2v) is 18.7. The number of thiophene rings is 1. The van der Waals surface area contributed by atoms with Crippen molar-refractivity contribution >= 4 is 70.5 Å². The lowest BCUT2D eigenvalue weighted by Crippen LogP contribution is -2.10. The largest absolute Gasteiger partial charge is 0.455 e. The monoisotopic (exact) mass is 897 g/mol. The van der Waals surface area contributed by atoms with Gasteiger partial charge in [-0.25, -0.2) is 0 Å². The second kappa shape index (κ2) is 17.2. The minimum atomic E-state index is 0.854. The summed E-state index contributed by atoms with van der Waals surface area (Å²) in [5.74, 6) is 0. The zero-order valence-electron chi connectivity index (χ0n) is 37.6. The molecular weight excluding hydrogens is 855 g/mol. The first kappa shape index (κ1) is 40.5. The molecule has 69 heavy (non-hydrogen) atoms. The van der Waals surface area contributed by atoms with Gasteiger partial charge in [0.25, 0.3) is 0 Å². The molecule has 0 spiro atoms. The van der Waals surface area contributed by atoms with Gasteiger partial charge in [-0.2, -0.15) is 0 Å². The van der Waals surface area contributed by atoms with E-state index in [1.165, 1.54) is 59.1 Å². The maximum absolute atomic E-state index is 7.07. The third kappa shape index (κ3) is 7.28. The van der Waals surface area contributed by atoms with E-state index in [0.717, 1.165) is 66.8 Å². The Labute approximate surface area is 405 Å². The Hall–Kier alpha value is -8.76. The minimum Gasteiger partial charge on any atom is -0.455 e. The summed E-state index contributed by atoms with van der Waals surface area (Å²) in [7, 11) is 0. The van der Waals surface area contributed by atoms with Crippen LogP contribution < -0.4 is 4.90 Å². The first-order valence-electron chi connectivity index (χ1n) is 23.5. The molecule has 2 nitrogen and oxygen atoms in total. The van der Waals surface area contributed by atoms with E-state index in [9.17, 15) is 0 Å². The Kier molecular flexibility index (Phi) is 10.1. The molecule has 0 aliphatic heterocycles. The molecule has 0 aliphatic rings. The van der Waals surface area contributed by atoms with Crippen molar-refractivity contribution in [3.63, 3.8) is 0 Å². The lowest BCUT2D eigenvalue weighted by atomic mass is 9.89. The average Bonchev–Trinajstić information content (AvgIpc) is 4.00. The fraction of sp³-hybridized carbons (Fsp3) is 0. The molecule has 0 saturated heterocycles. The van der Waals surface area contributed by atoms with Gasteiger partial charge in [-0.05, 0) is 122 Å². The van der Waals surface area contributed by atoms with Gasteiger partial charge in [-0.3, -0.25) is 0 Å². The highest BCUT2D eigenvalue weighted by Gasteiger charge is 2.24. The van der Waals surface area contributed by atoms with E-state index in [1.807, 2.05) is 11.3 Å². The summed E-state index contributed by atoms with van der Waals surface area (Å²) in [5.41, 5.74) is 18.9. The summed E-state index contributed by atoms with van der Waals surface area (Å²) in [5, 5.41) is 4.63. The van der Waals surface area contributed by atoms with Crippen LogP contribution in [0, 0.1) is 0 Å². The van der Waals surface area contributed by atoms with Crippen LogP contribution in [0.3, 0.4) is 0 Å². The molecule has 324 valence electrons. The number of nitrogens with zero attached hydrogens (tertiary/aromatic N) is 1. The fourth-order valence-electron chi connectivity index (χ4n) is 10.2. The first-order chi connectivity index (χ1) is 34.2. The Morgan fingerprint density at radius 3 is 1.38 bits per heavy atom. The molecule has 13 rings (SSSR count). The zero-order chi connectivity index (χ0) is 45.7. The maximum atomic E-state index is 7.07. The molecule has 11 aromatic carbocycles. The lowest BCUT2D eigenvalue weighted by molar-refractivity contribution is 0.670. The van der Waals surface area contributed by atoms with E-state index in [-0.39, 0.29) is 0 Å². The highest BCUT2D eigenvalue weighted by molar-refractivity contribution is 7.25. The summed E-state index contributed by atoms with van der Waals surface area (Å²) < 4.78 is 9.61. The van der Waals surface area contributed by atoms with Crippen molar-refractivity contribution in [2.24, 2.45) is 0 Å². The minimum absolute atomic E-state index is 0.854. The summed E-state index contributed by atoms with van der Waals surface area (Å²) in [6.07, 6.45) is 0. The smallest absolute Gasteiger partial charge is 0.145 e. The van der Waals surface area contributed by atoms with Crippen molar-refractivity contribution in [2.75, 3.05) is 4.90 Å². The van der Waals surface area contributed by atoms with Crippen LogP contribution in [0.5, 0.6) is 0 Å². The molecule has 0 radical (unpaired) electrons. The first-order valence-corrected chi connectivity index (χ1v) is 24.3. The standard InChI is InChI=1S/C66H43NOS/c1-5-17-44(18-6-1)49-32-37-59-62(41-49)68-66-55(47-23-11-4-12-24-47)38-39-61(65(59)66)67(52-35-40-63-60(43-52)58-36-31-50(42-64(58)69-63)45-19-7-2-8-20-45)51-33-29-48(30-34-51)54-26-14-16-28-57(54)56-27-15-13-25-53(56)46-21-9-3-10-22-46/h1-43H. The van der Waals surface area contributed by atoms with Crippen molar-refractivity contribution in [1.29, 1.82) is 0 Å². The molecule has 0 aliphatic carbocycles. The van der Waals surface area contributed by atoms with E-state index in [4.69, 9.17) is 4.42 Å². The van der Waals surface area contributed by atoms with Gasteiger partial charge in [-0.1, -0.05) is 200 Å². The quantitative estimate of drug-likeness (QED) is 0.144. The molecule has 0 atom stereocenters. The normalized spacial score (nSPS) is 11.5. The summed E-state index contributed by atoms with van der Waals surface area (Å²) in [6.45, 7) is 0. The van der Waals surface area contributed by atoms with Gasteiger partial charge in [0.1, 0.15) is 11.2 Å². The van der Waals surface area contributed by atoms with E-state index >= 15 is 0 Å². The molecule has 0 fully saturated rings. The van der Waals surface area contributed by atoms with Crippen LogP contribution in [-0.4, -0.2) is 0 Å². The maximum Gasteiger partial charge on any atom is 0.145 e. The van der Waals surface area contributed by atoms with Crippen molar-refractivity contribution in [1.82, 2.24) is 0 Å². The van der Waals surface area contributed by atoms with Crippen LogP contribution in [0.15, 0.2) is 265 Å². The van der Waals surface area contributed by atoms with Gasteiger partial charge in [-0.15, -0.1) is 11.3 Å². The Balaban J connectivity index is 1.01. The highest BCUT2D eigenvalue weighted by Crippen LogP contribution is 2.49. The lowest BCUT2D eigenvalue weighted by Gasteiger charge is -2.27. The third-order valence-corrected chi connectivity index (χ3v) is 14.7. The van der Waals surface area contributed by atoms with Gasteiger partial charge in [0.15, 0.2) is 0 Å². The van der Waals surface area contributed by atoms with Gasteiger partial charge in [0.05, 0.1) is 11.1 Å². The summed E-state index contributed by atoms with van der Waals surface area (Å²) in [6, 6.07) is 94.2. The van der Waals surface area contributed by atoms with Gasteiger partial charge in [0, 0.05) is 42.5 Å². The molecule has 0 unspecified atom stereocenters. The second-order valence-electron chi connectivity index (χ2n) is 17.6. The Bertz CT molecular complexity index is 3990. The van der Waals surface area contributed by atoms with Crippen LogP contribution >= 0.6 is 11.3 Å². The topological polar surface area (TPSA) is 16.4 Å². The predicted octanol–water partition coefficient (Wildman–Crippen LogP) is 19.4. The van der Waals surface area contributed by atoms with E-state index in [2.05, 4.69) is 266 Å². The van der Waals surface area contributed by atoms with E-state index < -0.39 is 0 Å². The molecule has 2 heterocycles. The van der Waals surface area contributed by atoms with Crippen LogP contribution in [0.25, 0.3) is 109 Å². The van der Waals surface area contributed by atoms with E-state index in [0.29, 0.717) is 0 Å². The van der Waals surface area contributed by atoms with Gasteiger partial charge >= 0.3 is 0 Å². The number of fused-ring (bicyclic) bond motifs is 6. The molecule has 0 N–H and O–H groups in total. The van der Waals surface area contributed by atoms with E-state index in [1.54, 1.807) is 0 Å². The molecular formula is C66H43NOS. The van der Waals surface area contributed by atoms with Crippen molar-refractivity contribution in [3.05, 3.63) is 261 Å². The van der Waals surface area contributed by atoms with Crippen LogP contribution in [0.1, 0.15) is 0 Å². The number of hydrogen-bond donors (Lipinski definition) is 0. The highest BCUT2D eigenvalue weighted by atomic mass is 32.1. The van der Waals surface area contributed by atoms with Crippen LogP contribution in [-0.2, 0) is 0 Å². The molecule has 3 heteroatoms. The van der Waals surface area contributed by atoms with Crippen molar-refractivity contribution in [2.45, 2.75) is 0 Å². The Morgan fingerprint density at radius 1 is 0.290 bits per heavy atom. The van der Waals surface area contributed by atoms with Gasteiger partial charge < -0.3 is 9.32 Å². The van der Waals surface area contributed by atoms with Crippen LogP contribution in [0.4, 0.5) is 17.1 Å².